The molecular weight excluding hydrogens is 238 g/mol. The van der Waals surface area contributed by atoms with Gasteiger partial charge in [-0.15, -0.1) is 0 Å². The van der Waals surface area contributed by atoms with Gasteiger partial charge < -0.3 is 10.2 Å². The van der Waals surface area contributed by atoms with E-state index in [1.807, 2.05) is 0 Å². The average Bonchev–Trinajstić information content (AvgIpc) is 2.46. The molecule has 1 saturated heterocycles. The molecule has 1 aliphatic heterocycles. The number of allylic oxidation sites excluding steroid dienone is 2. The Hall–Kier alpha value is -1.93. The monoisotopic (exact) mass is 257 g/mol. The molecule has 0 bridgehead atoms. The third-order valence-corrected chi connectivity index (χ3v) is 3.37. The summed E-state index contributed by atoms with van der Waals surface area (Å²) in [7, 11) is 0. The fourth-order valence-electron chi connectivity index (χ4n) is 2.44. The molecule has 1 aromatic rings. The van der Waals surface area contributed by atoms with Gasteiger partial charge >= 0.3 is 0 Å². The highest BCUT2D eigenvalue weighted by molar-refractivity contribution is 5.75. The molecule has 0 aromatic carbocycles. The zero-order valence-electron chi connectivity index (χ0n) is 11.4. The van der Waals surface area contributed by atoms with Crippen LogP contribution in [0, 0.1) is 11.3 Å². The number of piperazine rings is 1. The van der Waals surface area contributed by atoms with Crippen LogP contribution in [0.15, 0.2) is 24.2 Å². The standard InChI is InChI=1S/C14H19N5/c1-3-13(19-8-7-16-10-11(19)2)12(9-15)14-17-5-4-6-18-14/h4-6,11,16H,3,7-8,10H2,1-2H3. The van der Waals surface area contributed by atoms with Crippen LogP contribution in [0.1, 0.15) is 26.1 Å². The van der Waals surface area contributed by atoms with Crippen molar-refractivity contribution in [3.8, 4) is 6.07 Å². The summed E-state index contributed by atoms with van der Waals surface area (Å²) in [6.07, 6.45) is 4.16. The largest absolute Gasteiger partial charge is 0.368 e. The van der Waals surface area contributed by atoms with Gasteiger partial charge in [0.25, 0.3) is 0 Å². The highest BCUT2D eigenvalue weighted by atomic mass is 15.2. The van der Waals surface area contributed by atoms with Crippen molar-refractivity contribution in [3.05, 3.63) is 30.0 Å². The molecule has 0 radical (unpaired) electrons. The Morgan fingerprint density at radius 3 is 2.84 bits per heavy atom. The zero-order chi connectivity index (χ0) is 13.7. The second-order valence-electron chi connectivity index (χ2n) is 4.61. The molecule has 1 unspecified atom stereocenters. The number of rotatable bonds is 3. The van der Waals surface area contributed by atoms with Crippen molar-refractivity contribution >= 4 is 5.57 Å². The van der Waals surface area contributed by atoms with Crippen LogP contribution >= 0.6 is 0 Å². The van der Waals surface area contributed by atoms with Crippen molar-refractivity contribution in [2.45, 2.75) is 26.3 Å². The van der Waals surface area contributed by atoms with Crippen molar-refractivity contribution in [1.29, 1.82) is 5.26 Å². The van der Waals surface area contributed by atoms with Crippen LogP contribution < -0.4 is 5.32 Å². The summed E-state index contributed by atoms with van der Waals surface area (Å²) < 4.78 is 0. The number of hydrogen-bond acceptors (Lipinski definition) is 5. The van der Waals surface area contributed by atoms with Gasteiger partial charge in [0.2, 0.25) is 0 Å². The summed E-state index contributed by atoms with van der Waals surface area (Å²) in [5.74, 6) is 0.521. The Bertz CT molecular complexity index is 488. The topological polar surface area (TPSA) is 64.8 Å². The lowest BCUT2D eigenvalue weighted by Gasteiger charge is -2.37. The van der Waals surface area contributed by atoms with Crippen molar-refractivity contribution in [3.63, 3.8) is 0 Å². The van der Waals surface area contributed by atoms with Gasteiger partial charge in [0.1, 0.15) is 11.6 Å². The van der Waals surface area contributed by atoms with E-state index in [9.17, 15) is 5.26 Å². The molecule has 1 N–H and O–H groups in total. The van der Waals surface area contributed by atoms with Gasteiger partial charge in [0.05, 0.1) is 0 Å². The Morgan fingerprint density at radius 1 is 1.53 bits per heavy atom. The fourth-order valence-corrected chi connectivity index (χ4v) is 2.44. The number of nitriles is 1. The van der Waals surface area contributed by atoms with E-state index < -0.39 is 0 Å². The van der Waals surface area contributed by atoms with E-state index in [1.54, 1.807) is 18.5 Å². The fraction of sp³-hybridized carbons (Fsp3) is 0.500. The quantitative estimate of drug-likeness (QED) is 0.829. The molecule has 5 nitrogen and oxygen atoms in total. The lowest BCUT2D eigenvalue weighted by Crippen LogP contribution is -2.49. The lowest BCUT2D eigenvalue weighted by molar-refractivity contribution is 0.219. The van der Waals surface area contributed by atoms with Crippen LogP contribution in [0.25, 0.3) is 5.57 Å². The molecule has 100 valence electrons. The molecule has 2 rings (SSSR count). The molecule has 0 saturated carbocycles. The maximum atomic E-state index is 9.47. The summed E-state index contributed by atoms with van der Waals surface area (Å²) >= 11 is 0. The van der Waals surface area contributed by atoms with E-state index in [-0.39, 0.29) is 0 Å². The van der Waals surface area contributed by atoms with Crippen molar-refractivity contribution in [2.24, 2.45) is 0 Å². The van der Waals surface area contributed by atoms with Crippen LogP contribution in [-0.2, 0) is 0 Å². The first kappa shape index (κ1) is 13.5. The van der Waals surface area contributed by atoms with Crippen molar-refractivity contribution in [1.82, 2.24) is 20.2 Å². The molecule has 19 heavy (non-hydrogen) atoms. The maximum absolute atomic E-state index is 9.47. The minimum absolute atomic E-state index is 0.385. The van der Waals surface area contributed by atoms with Crippen LogP contribution in [0.5, 0.6) is 0 Å². The van der Waals surface area contributed by atoms with Crippen LogP contribution in [0.2, 0.25) is 0 Å². The van der Waals surface area contributed by atoms with Crippen molar-refractivity contribution < 1.29 is 0 Å². The summed E-state index contributed by atoms with van der Waals surface area (Å²) in [4.78, 5) is 10.7. The maximum Gasteiger partial charge on any atom is 0.171 e. The van der Waals surface area contributed by atoms with Crippen molar-refractivity contribution in [2.75, 3.05) is 19.6 Å². The number of nitrogens with one attached hydrogen (secondary N) is 1. The third-order valence-electron chi connectivity index (χ3n) is 3.37. The van der Waals surface area contributed by atoms with E-state index in [0.717, 1.165) is 31.8 Å². The smallest absolute Gasteiger partial charge is 0.171 e. The Labute approximate surface area is 114 Å². The van der Waals surface area contributed by atoms with E-state index in [1.165, 1.54) is 0 Å². The van der Waals surface area contributed by atoms with Crippen LogP contribution in [-0.4, -0.2) is 40.5 Å². The summed E-state index contributed by atoms with van der Waals surface area (Å²) in [5, 5.41) is 12.8. The molecule has 2 heterocycles. The van der Waals surface area contributed by atoms with Crippen LogP contribution in [0.3, 0.4) is 0 Å². The van der Waals surface area contributed by atoms with Gasteiger partial charge in [-0.05, 0) is 19.4 Å². The third kappa shape index (κ3) is 2.91. The highest BCUT2D eigenvalue weighted by Crippen LogP contribution is 2.23. The minimum atomic E-state index is 0.385. The van der Waals surface area contributed by atoms with E-state index in [4.69, 9.17) is 0 Å². The molecule has 0 spiro atoms. The number of nitrogens with zero attached hydrogens (tertiary/aromatic N) is 4. The summed E-state index contributed by atoms with van der Waals surface area (Å²) in [6.45, 7) is 7.05. The first-order valence-corrected chi connectivity index (χ1v) is 6.66. The van der Waals surface area contributed by atoms with E-state index in [0.29, 0.717) is 17.4 Å². The van der Waals surface area contributed by atoms with Gasteiger partial charge in [0.15, 0.2) is 5.82 Å². The first-order valence-electron chi connectivity index (χ1n) is 6.66. The number of hydrogen-bond donors (Lipinski definition) is 1. The average molecular weight is 257 g/mol. The van der Waals surface area contributed by atoms with Gasteiger partial charge in [-0.1, -0.05) is 6.92 Å². The molecular formula is C14H19N5. The van der Waals surface area contributed by atoms with E-state index in [2.05, 4.69) is 40.1 Å². The Balaban J connectivity index is 2.41. The van der Waals surface area contributed by atoms with Gasteiger partial charge in [-0.3, -0.25) is 0 Å². The summed E-state index contributed by atoms with van der Waals surface area (Å²) in [5.41, 5.74) is 1.64. The van der Waals surface area contributed by atoms with Gasteiger partial charge in [-0.25, -0.2) is 9.97 Å². The normalized spacial score (nSPS) is 20.7. The molecule has 1 aliphatic rings. The van der Waals surface area contributed by atoms with Gasteiger partial charge in [0, 0.05) is 43.8 Å². The second kappa shape index (κ2) is 6.30. The predicted octanol–water partition coefficient (Wildman–Crippen LogP) is 1.41. The molecule has 1 fully saturated rings. The molecule has 5 heteroatoms. The predicted molar refractivity (Wildman–Crippen MR) is 73.9 cm³/mol. The molecule has 0 aliphatic carbocycles. The summed E-state index contributed by atoms with van der Waals surface area (Å²) in [6, 6.07) is 4.43. The first-order chi connectivity index (χ1) is 9.27. The Morgan fingerprint density at radius 2 is 2.26 bits per heavy atom. The minimum Gasteiger partial charge on any atom is -0.368 e. The van der Waals surface area contributed by atoms with Gasteiger partial charge in [-0.2, -0.15) is 5.26 Å². The second-order valence-corrected chi connectivity index (χ2v) is 4.61. The lowest BCUT2D eigenvalue weighted by atomic mass is 10.1. The SMILES string of the molecule is CCC(=C(C#N)c1ncccn1)N1CCNCC1C. The molecule has 0 amide bonds. The van der Waals surface area contributed by atoms with Crippen LogP contribution in [0.4, 0.5) is 0 Å². The Kier molecular flexibility index (Phi) is 4.48. The zero-order valence-corrected chi connectivity index (χ0v) is 11.4. The number of aromatic nitrogens is 2. The van der Waals surface area contributed by atoms with E-state index >= 15 is 0 Å². The molecule has 1 aromatic heterocycles. The highest BCUT2D eigenvalue weighted by Gasteiger charge is 2.23. The molecule has 1 atom stereocenters.